The van der Waals surface area contributed by atoms with Crippen LogP contribution in [0.4, 0.5) is 5.69 Å². The van der Waals surface area contributed by atoms with Crippen molar-refractivity contribution >= 4 is 21.6 Å². The summed E-state index contributed by atoms with van der Waals surface area (Å²) in [6.07, 6.45) is 0.189. The first-order valence-electron chi connectivity index (χ1n) is 9.37. The molecule has 1 N–H and O–H groups in total. The molecule has 8 heteroatoms. The molecule has 1 aliphatic rings. The third-order valence-electron chi connectivity index (χ3n) is 4.54. The second-order valence-corrected chi connectivity index (χ2v) is 9.24. The van der Waals surface area contributed by atoms with Crippen molar-refractivity contribution in [1.29, 1.82) is 0 Å². The van der Waals surface area contributed by atoms with Crippen LogP contribution in [0.2, 0.25) is 0 Å². The Hall–Kier alpha value is -2.74. The van der Waals surface area contributed by atoms with E-state index in [9.17, 15) is 13.2 Å². The van der Waals surface area contributed by atoms with Gasteiger partial charge in [-0.1, -0.05) is 12.1 Å². The van der Waals surface area contributed by atoms with Gasteiger partial charge in [-0.15, -0.1) is 0 Å². The second kappa shape index (κ2) is 8.32. The number of carbonyl (C=O) groups excluding carboxylic acids is 1. The maximum atomic E-state index is 12.6. The lowest BCUT2D eigenvalue weighted by Crippen LogP contribution is -2.51. The van der Waals surface area contributed by atoms with Crippen molar-refractivity contribution in [3.05, 3.63) is 53.1 Å². The third kappa shape index (κ3) is 5.20. The normalized spacial score (nSPS) is 16.0. The number of fused-ring (bicyclic) bond motifs is 1. The van der Waals surface area contributed by atoms with Crippen molar-refractivity contribution in [1.82, 2.24) is 5.32 Å². The van der Waals surface area contributed by atoms with Crippen molar-refractivity contribution in [2.45, 2.75) is 26.9 Å². The number of rotatable bonds is 6. The van der Waals surface area contributed by atoms with Crippen LogP contribution in [0.1, 0.15) is 16.7 Å². The highest BCUT2D eigenvalue weighted by Crippen LogP contribution is 2.35. The molecule has 1 aliphatic heterocycles. The van der Waals surface area contributed by atoms with Crippen molar-refractivity contribution in [3.8, 4) is 11.5 Å². The Morgan fingerprint density at radius 2 is 1.83 bits per heavy atom. The minimum atomic E-state index is -3.54. The number of anilines is 1. The highest BCUT2D eigenvalue weighted by atomic mass is 32.2. The van der Waals surface area contributed by atoms with E-state index in [2.05, 4.69) is 11.4 Å². The predicted molar refractivity (Wildman–Crippen MR) is 112 cm³/mol. The number of hydrogen-bond donors (Lipinski definition) is 1. The zero-order chi connectivity index (χ0) is 21.2. The van der Waals surface area contributed by atoms with E-state index in [0.29, 0.717) is 18.0 Å². The maximum absolute atomic E-state index is 12.6. The van der Waals surface area contributed by atoms with E-state index in [1.807, 2.05) is 39.0 Å². The molecule has 0 saturated heterocycles. The number of benzene rings is 2. The number of aryl methyl sites for hydroxylation is 3. The molecule has 0 aromatic heterocycles. The molecular formula is C21H26N2O5S. The molecule has 0 aliphatic carbocycles. The Bertz CT molecular complexity index is 999. The number of nitrogens with zero attached hydrogens (tertiary/aromatic N) is 1. The maximum Gasteiger partial charge on any atom is 0.263 e. The molecule has 1 amide bonds. The molecule has 7 nitrogen and oxygen atoms in total. The van der Waals surface area contributed by atoms with E-state index in [-0.39, 0.29) is 19.0 Å². The first-order chi connectivity index (χ1) is 13.6. The summed E-state index contributed by atoms with van der Waals surface area (Å²) in [6, 6.07) is 11.2. The average molecular weight is 419 g/mol. The summed E-state index contributed by atoms with van der Waals surface area (Å²) in [5, 5.41) is 2.76. The molecule has 2 aromatic carbocycles. The number of nitrogens with one attached hydrogen (secondary N) is 1. The van der Waals surface area contributed by atoms with Crippen LogP contribution < -0.4 is 19.1 Å². The zero-order valence-electron chi connectivity index (χ0n) is 17.1. The highest BCUT2D eigenvalue weighted by Gasteiger charge is 2.34. The molecule has 1 atom stereocenters. The Morgan fingerprint density at radius 1 is 1.14 bits per heavy atom. The van der Waals surface area contributed by atoms with Gasteiger partial charge in [-0.2, -0.15) is 0 Å². The van der Waals surface area contributed by atoms with Gasteiger partial charge in [-0.25, -0.2) is 8.42 Å². The molecule has 0 spiro atoms. The Labute approximate surface area is 171 Å². The summed E-state index contributed by atoms with van der Waals surface area (Å²) >= 11 is 0. The monoisotopic (exact) mass is 418 g/mol. The van der Waals surface area contributed by atoms with Gasteiger partial charge in [0.2, 0.25) is 10.0 Å². The summed E-state index contributed by atoms with van der Waals surface area (Å²) in [7, 11) is -3.54. The zero-order valence-corrected chi connectivity index (χ0v) is 17.9. The van der Waals surface area contributed by atoms with Crippen LogP contribution in [0.15, 0.2) is 36.4 Å². The Morgan fingerprint density at radius 3 is 2.48 bits per heavy atom. The van der Waals surface area contributed by atoms with Gasteiger partial charge in [-0.05, 0) is 61.7 Å². The van der Waals surface area contributed by atoms with E-state index in [4.69, 9.17) is 9.47 Å². The number of amides is 1. The summed E-state index contributed by atoms with van der Waals surface area (Å²) in [4.78, 5) is 12.6. The van der Waals surface area contributed by atoms with E-state index in [1.54, 1.807) is 12.1 Å². The summed E-state index contributed by atoms with van der Waals surface area (Å²) in [6.45, 7) is 6.38. The number of carbonyl (C=O) groups is 1. The number of sulfonamides is 1. The summed E-state index contributed by atoms with van der Waals surface area (Å²) in [5.41, 5.74) is 3.57. The molecule has 0 saturated carbocycles. The Kier molecular flexibility index (Phi) is 6.02. The average Bonchev–Trinajstić information content (AvgIpc) is 2.62. The second-order valence-electron chi connectivity index (χ2n) is 7.33. The van der Waals surface area contributed by atoms with Crippen LogP contribution in [0.3, 0.4) is 0 Å². The fourth-order valence-corrected chi connectivity index (χ4v) is 4.20. The van der Waals surface area contributed by atoms with E-state index in [0.717, 1.165) is 28.7 Å². The van der Waals surface area contributed by atoms with Crippen LogP contribution >= 0.6 is 0 Å². The molecule has 156 valence electrons. The van der Waals surface area contributed by atoms with Gasteiger partial charge in [0, 0.05) is 0 Å². The fourth-order valence-electron chi connectivity index (χ4n) is 3.28. The minimum absolute atomic E-state index is 0.0708. The van der Waals surface area contributed by atoms with Gasteiger partial charge in [0.25, 0.3) is 5.91 Å². The summed E-state index contributed by atoms with van der Waals surface area (Å²) < 4.78 is 37.1. The molecule has 0 bridgehead atoms. The van der Waals surface area contributed by atoms with Gasteiger partial charge < -0.3 is 14.8 Å². The SMILES string of the molecule is Cc1cc(C)cc(OCCNC(=O)[C@@H]2CN(S(C)(=O)=O)c3ccc(C)cc3O2)c1. The fraction of sp³-hybridized carbons (Fsp3) is 0.381. The van der Waals surface area contributed by atoms with Crippen molar-refractivity contribution in [2.75, 3.05) is 30.3 Å². The van der Waals surface area contributed by atoms with Gasteiger partial charge in [0.15, 0.2) is 6.10 Å². The molecule has 3 rings (SSSR count). The molecule has 0 unspecified atom stereocenters. The van der Waals surface area contributed by atoms with Gasteiger partial charge >= 0.3 is 0 Å². The number of hydrogen-bond acceptors (Lipinski definition) is 5. The van der Waals surface area contributed by atoms with Crippen molar-refractivity contribution < 1.29 is 22.7 Å². The molecular weight excluding hydrogens is 392 g/mol. The topological polar surface area (TPSA) is 84.9 Å². The molecule has 1 heterocycles. The smallest absolute Gasteiger partial charge is 0.263 e. The highest BCUT2D eigenvalue weighted by molar-refractivity contribution is 7.92. The largest absolute Gasteiger partial charge is 0.492 e. The van der Waals surface area contributed by atoms with Crippen molar-refractivity contribution in [2.24, 2.45) is 0 Å². The van der Waals surface area contributed by atoms with E-state index >= 15 is 0 Å². The standard InChI is InChI=1S/C21H26N2O5S/c1-14-5-6-18-19(12-14)28-20(13-23(18)29(4,25)26)21(24)22-7-8-27-17-10-15(2)9-16(3)11-17/h5-6,9-12,20H,7-8,13H2,1-4H3,(H,22,24)/t20-/m0/s1. The lowest BCUT2D eigenvalue weighted by atomic mass is 10.1. The molecule has 0 fully saturated rings. The van der Waals surface area contributed by atoms with Crippen LogP contribution in [0, 0.1) is 20.8 Å². The van der Waals surface area contributed by atoms with E-state index < -0.39 is 16.1 Å². The van der Waals surface area contributed by atoms with Crippen LogP contribution in [-0.4, -0.2) is 46.4 Å². The molecule has 0 radical (unpaired) electrons. The Balaban J connectivity index is 1.62. The molecule has 2 aromatic rings. The van der Waals surface area contributed by atoms with Crippen molar-refractivity contribution in [3.63, 3.8) is 0 Å². The lowest BCUT2D eigenvalue weighted by Gasteiger charge is -2.34. The lowest BCUT2D eigenvalue weighted by molar-refractivity contribution is -0.127. The first kappa shape index (κ1) is 21.0. The van der Waals surface area contributed by atoms with Crippen LogP contribution in [0.5, 0.6) is 11.5 Å². The van der Waals surface area contributed by atoms with Gasteiger partial charge in [-0.3, -0.25) is 9.10 Å². The third-order valence-corrected chi connectivity index (χ3v) is 5.69. The predicted octanol–water partition coefficient (Wildman–Crippen LogP) is 2.33. The quantitative estimate of drug-likeness (QED) is 0.728. The van der Waals surface area contributed by atoms with Crippen LogP contribution in [-0.2, 0) is 14.8 Å². The first-order valence-corrected chi connectivity index (χ1v) is 11.2. The molecule has 29 heavy (non-hydrogen) atoms. The van der Waals surface area contributed by atoms with Gasteiger partial charge in [0.05, 0.1) is 25.0 Å². The minimum Gasteiger partial charge on any atom is -0.492 e. The summed E-state index contributed by atoms with van der Waals surface area (Å²) in [5.74, 6) is 0.751. The van der Waals surface area contributed by atoms with Gasteiger partial charge in [0.1, 0.15) is 18.1 Å². The van der Waals surface area contributed by atoms with Crippen LogP contribution in [0.25, 0.3) is 0 Å². The number of ether oxygens (including phenoxy) is 2. The van der Waals surface area contributed by atoms with E-state index in [1.165, 1.54) is 4.31 Å².